The lowest BCUT2D eigenvalue weighted by atomic mass is 10.5. The Hall–Kier alpha value is 0.540. The molecule has 0 aromatic rings. The largest absolute Gasteiger partial charge is 0.329 e. The third-order valence-corrected chi connectivity index (χ3v) is 0.503. The number of rotatable bonds is 1. The summed E-state index contributed by atoms with van der Waals surface area (Å²) in [7, 11) is 0. The molecule has 0 saturated carbocycles. The van der Waals surface area contributed by atoms with Gasteiger partial charge in [-0.2, -0.15) is 0 Å². The highest BCUT2D eigenvalue weighted by Crippen LogP contribution is 1.84. The third kappa shape index (κ3) is 8.82. The molecule has 6 heavy (non-hydrogen) atoms. The molecule has 0 radical (unpaired) electrons. The van der Waals surface area contributed by atoms with Crippen molar-refractivity contribution in [1.29, 1.82) is 0 Å². The van der Waals surface area contributed by atoms with E-state index in [2.05, 4.69) is 0 Å². The molecule has 2 N–H and O–H groups in total. The maximum atomic E-state index is 5.34. The molecule has 0 rings (SSSR count). The summed E-state index contributed by atoms with van der Waals surface area (Å²) >= 11 is 5.34. The highest BCUT2D eigenvalue weighted by atomic mass is 35.5. The second kappa shape index (κ2) is 5.54. The molecular weight excluding hydrogens is 121 g/mol. The molecule has 0 fully saturated rings. The fourth-order valence-electron chi connectivity index (χ4n) is 0. The lowest BCUT2D eigenvalue weighted by Gasteiger charge is -1.88. The number of halogens is 2. The lowest BCUT2D eigenvalue weighted by molar-refractivity contribution is 0.941. The van der Waals surface area contributed by atoms with Gasteiger partial charge in [0.1, 0.15) is 0 Å². The van der Waals surface area contributed by atoms with Crippen molar-refractivity contribution in [3.8, 4) is 0 Å². The van der Waals surface area contributed by atoms with E-state index in [1.54, 1.807) is 0 Å². The molecule has 0 bridgehead atoms. The second-order valence-corrected chi connectivity index (χ2v) is 1.76. The first-order valence-electron chi connectivity index (χ1n) is 1.61. The molecule has 0 aromatic carbocycles. The Kier molecular flexibility index (Phi) is 8.99. The summed E-state index contributed by atoms with van der Waals surface area (Å²) in [6.07, 6.45) is 0. The summed E-state index contributed by atoms with van der Waals surface area (Å²) in [5.74, 6) is 0. The summed E-state index contributed by atoms with van der Waals surface area (Å²) in [4.78, 5) is 0. The van der Waals surface area contributed by atoms with Crippen molar-refractivity contribution in [2.75, 3.05) is 6.54 Å². The zero-order chi connectivity index (χ0) is 4.28. The van der Waals surface area contributed by atoms with Gasteiger partial charge in [0, 0.05) is 11.9 Å². The minimum atomic E-state index is 0. The minimum Gasteiger partial charge on any atom is -0.329 e. The van der Waals surface area contributed by atoms with E-state index in [1.807, 2.05) is 6.92 Å². The summed E-state index contributed by atoms with van der Waals surface area (Å²) in [6, 6.07) is 0. The van der Waals surface area contributed by atoms with E-state index in [0.717, 1.165) is 0 Å². The summed E-state index contributed by atoms with van der Waals surface area (Å²) in [6.45, 7) is 2.43. The lowest BCUT2D eigenvalue weighted by Crippen LogP contribution is -2.08. The Bertz CT molecular complexity index is 22.8. The molecule has 0 amide bonds. The van der Waals surface area contributed by atoms with Crippen LogP contribution in [0.15, 0.2) is 0 Å². The molecule has 0 unspecified atom stereocenters. The second-order valence-electron chi connectivity index (χ2n) is 1.02. The molecule has 0 saturated heterocycles. The number of alkyl halides is 1. The van der Waals surface area contributed by atoms with Crippen molar-refractivity contribution in [3.05, 3.63) is 0 Å². The molecule has 40 valence electrons. The summed E-state index contributed by atoms with van der Waals surface area (Å²) in [5.41, 5.74) is 5.04. The zero-order valence-corrected chi connectivity index (χ0v) is 5.22. The SMILES string of the molecule is C[C@@H](Cl)CN.Cl. The molecular formula is C3H9Cl2N. The molecule has 0 aliphatic carbocycles. The first-order chi connectivity index (χ1) is 2.27. The van der Waals surface area contributed by atoms with Crippen LogP contribution >= 0.6 is 24.0 Å². The molecule has 0 spiro atoms. The van der Waals surface area contributed by atoms with Gasteiger partial charge < -0.3 is 5.73 Å². The highest BCUT2D eigenvalue weighted by Gasteiger charge is 1.83. The Labute approximate surface area is 49.3 Å². The molecule has 1 atom stereocenters. The van der Waals surface area contributed by atoms with Crippen LogP contribution in [0.2, 0.25) is 0 Å². The van der Waals surface area contributed by atoms with Crippen LogP contribution in [0.4, 0.5) is 0 Å². The topological polar surface area (TPSA) is 26.0 Å². The molecule has 1 nitrogen and oxygen atoms in total. The fourth-order valence-corrected chi connectivity index (χ4v) is 0. The van der Waals surface area contributed by atoms with Crippen molar-refractivity contribution in [2.45, 2.75) is 12.3 Å². The van der Waals surface area contributed by atoms with Crippen LogP contribution < -0.4 is 5.73 Å². The predicted octanol–water partition coefficient (Wildman–Crippen LogP) is 0.994. The predicted molar refractivity (Wildman–Crippen MR) is 31.6 cm³/mol. The van der Waals surface area contributed by atoms with Crippen LogP contribution in [0.3, 0.4) is 0 Å². The van der Waals surface area contributed by atoms with Crippen LogP contribution in [-0.2, 0) is 0 Å². The Morgan fingerprint density at radius 1 is 1.83 bits per heavy atom. The van der Waals surface area contributed by atoms with E-state index in [9.17, 15) is 0 Å². The summed E-state index contributed by atoms with van der Waals surface area (Å²) in [5, 5.41) is 0.134. The zero-order valence-electron chi connectivity index (χ0n) is 3.65. The quantitative estimate of drug-likeness (QED) is 0.526. The maximum absolute atomic E-state index is 5.34. The Balaban J connectivity index is 0. The maximum Gasteiger partial charge on any atom is 0.0430 e. The van der Waals surface area contributed by atoms with Crippen LogP contribution in [0.5, 0.6) is 0 Å². The smallest absolute Gasteiger partial charge is 0.0430 e. The van der Waals surface area contributed by atoms with E-state index >= 15 is 0 Å². The molecule has 0 heterocycles. The van der Waals surface area contributed by atoms with Crippen molar-refractivity contribution in [3.63, 3.8) is 0 Å². The van der Waals surface area contributed by atoms with Crippen LogP contribution in [0.1, 0.15) is 6.92 Å². The van der Waals surface area contributed by atoms with Gasteiger partial charge in [0.25, 0.3) is 0 Å². The molecule has 0 aromatic heterocycles. The highest BCUT2D eigenvalue weighted by molar-refractivity contribution is 6.20. The number of hydrogen-bond donors (Lipinski definition) is 1. The van der Waals surface area contributed by atoms with E-state index in [4.69, 9.17) is 17.3 Å². The van der Waals surface area contributed by atoms with Gasteiger partial charge in [-0.15, -0.1) is 24.0 Å². The molecule has 3 heteroatoms. The van der Waals surface area contributed by atoms with Gasteiger partial charge in [0.2, 0.25) is 0 Å². The first kappa shape index (κ1) is 9.74. The Morgan fingerprint density at radius 2 is 2.00 bits per heavy atom. The molecule has 0 aliphatic rings. The fraction of sp³-hybridized carbons (Fsp3) is 1.00. The van der Waals surface area contributed by atoms with Crippen LogP contribution in [-0.4, -0.2) is 11.9 Å². The average Bonchev–Trinajstić information content (AvgIpc) is 1.38. The van der Waals surface area contributed by atoms with E-state index in [0.29, 0.717) is 6.54 Å². The standard InChI is InChI=1S/C3H8ClN.ClH/c1-3(4)2-5;/h3H,2,5H2,1H3;1H/t3-;/m1./s1. The van der Waals surface area contributed by atoms with Crippen LogP contribution in [0.25, 0.3) is 0 Å². The van der Waals surface area contributed by atoms with Crippen molar-refractivity contribution in [2.24, 2.45) is 5.73 Å². The van der Waals surface area contributed by atoms with Crippen LogP contribution in [0, 0.1) is 0 Å². The van der Waals surface area contributed by atoms with E-state index in [1.165, 1.54) is 0 Å². The first-order valence-corrected chi connectivity index (χ1v) is 2.05. The molecule has 0 aliphatic heterocycles. The number of nitrogens with two attached hydrogens (primary N) is 1. The van der Waals surface area contributed by atoms with Gasteiger partial charge >= 0.3 is 0 Å². The minimum absolute atomic E-state index is 0. The van der Waals surface area contributed by atoms with Crippen molar-refractivity contribution >= 4 is 24.0 Å². The van der Waals surface area contributed by atoms with Crippen molar-refractivity contribution < 1.29 is 0 Å². The van der Waals surface area contributed by atoms with Gasteiger partial charge in [-0.3, -0.25) is 0 Å². The van der Waals surface area contributed by atoms with Crippen molar-refractivity contribution in [1.82, 2.24) is 0 Å². The van der Waals surface area contributed by atoms with Gasteiger partial charge in [-0.1, -0.05) is 0 Å². The van der Waals surface area contributed by atoms with Gasteiger partial charge in [0.15, 0.2) is 0 Å². The van der Waals surface area contributed by atoms with Gasteiger partial charge in [-0.05, 0) is 6.92 Å². The normalized spacial score (nSPS) is 12.5. The third-order valence-electron chi connectivity index (χ3n) is 0.325. The monoisotopic (exact) mass is 129 g/mol. The van der Waals surface area contributed by atoms with E-state index < -0.39 is 0 Å². The van der Waals surface area contributed by atoms with E-state index in [-0.39, 0.29) is 17.8 Å². The number of hydrogen-bond acceptors (Lipinski definition) is 1. The average molecular weight is 130 g/mol. The van der Waals surface area contributed by atoms with Gasteiger partial charge in [-0.25, -0.2) is 0 Å². The summed E-state index contributed by atoms with van der Waals surface area (Å²) < 4.78 is 0. The Morgan fingerprint density at radius 3 is 2.00 bits per heavy atom. The van der Waals surface area contributed by atoms with Gasteiger partial charge in [0.05, 0.1) is 0 Å².